The lowest BCUT2D eigenvalue weighted by Gasteiger charge is -2.19. The van der Waals surface area contributed by atoms with Crippen LogP contribution in [0.25, 0.3) is 0 Å². The number of carbonyl (C=O) groups is 3. The topological polar surface area (TPSA) is 121 Å². The summed E-state index contributed by atoms with van der Waals surface area (Å²) in [7, 11) is 0. The van der Waals surface area contributed by atoms with E-state index in [0.29, 0.717) is 37.3 Å². The van der Waals surface area contributed by atoms with Gasteiger partial charge in [-0.15, -0.1) is 0 Å². The van der Waals surface area contributed by atoms with E-state index in [2.05, 4.69) is 24.1 Å². The van der Waals surface area contributed by atoms with E-state index in [9.17, 15) is 14.4 Å². The molecule has 8 nitrogen and oxygen atoms in total. The summed E-state index contributed by atoms with van der Waals surface area (Å²) in [5.41, 5.74) is 7.03. The number of thioether (sulfide) groups is 1. The van der Waals surface area contributed by atoms with Gasteiger partial charge in [-0.05, 0) is 25.0 Å². The minimum atomic E-state index is -0.693. The lowest BCUT2D eigenvalue weighted by molar-refractivity contribution is -0.157. The van der Waals surface area contributed by atoms with Crippen molar-refractivity contribution in [3.8, 4) is 0 Å². The molecule has 0 aliphatic carbocycles. The third-order valence-corrected chi connectivity index (χ3v) is 9.24. The highest BCUT2D eigenvalue weighted by atomic mass is 32.2. The highest BCUT2D eigenvalue weighted by molar-refractivity contribution is 7.99. The van der Waals surface area contributed by atoms with E-state index in [4.69, 9.17) is 15.2 Å². The molecule has 0 bridgehead atoms. The number of unbranched alkanes of at least 4 members (excludes halogenated alkanes) is 16. The summed E-state index contributed by atoms with van der Waals surface area (Å²) < 4.78 is 11.3. The quantitative estimate of drug-likeness (QED) is 0.0604. The maximum atomic E-state index is 12.6. The van der Waals surface area contributed by atoms with Crippen LogP contribution in [-0.4, -0.2) is 59.6 Å². The number of hydrogen-bond acceptors (Lipinski definition) is 8. The van der Waals surface area contributed by atoms with Crippen molar-refractivity contribution in [1.82, 2.24) is 10.3 Å². The Kier molecular flexibility index (Phi) is 27.5. The van der Waals surface area contributed by atoms with Gasteiger partial charge in [-0.1, -0.05) is 123 Å². The molecule has 0 unspecified atom stereocenters. The number of aromatic nitrogens is 1. The van der Waals surface area contributed by atoms with Crippen LogP contribution in [0.2, 0.25) is 0 Å². The van der Waals surface area contributed by atoms with Gasteiger partial charge >= 0.3 is 11.9 Å². The van der Waals surface area contributed by atoms with Crippen molar-refractivity contribution < 1.29 is 23.9 Å². The molecule has 0 radical (unpaired) electrons. The number of nitrogens with one attached hydrogen (secondary N) is 1. The first-order valence-electron chi connectivity index (χ1n) is 18.3. The van der Waals surface area contributed by atoms with E-state index in [-0.39, 0.29) is 24.5 Å². The molecule has 46 heavy (non-hydrogen) atoms. The SMILES string of the molecule is CCCCCCCCCCCC(=O)OC[C@H](CSC[C@H](N)C(=O)NCCc1ccccn1)OC(=O)CCCCCCCCCCC. The van der Waals surface area contributed by atoms with Gasteiger partial charge in [0.25, 0.3) is 0 Å². The molecule has 0 aromatic carbocycles. The third kappa shape index (κ3) is 25.0. The zero-order valence-electron chi connectivity index (χ0n) is 29.1. The number of nitrogens with two attached hydrogens (primary N) is 1. The number of amides is 1. The molecule has 0 spiro atoms. The largest absolute Gasteiger partial charge is 0.462 e. The summed E-state index contributed by atoms with van der Waals surface area (Å²) in [6, 6.07) is 5.00. The average molecular weight is 664 g/mol. The maximum Gasteiger partial charge on any atom is 0.306 e. The van der Waals surface area contributed by atoms with Crippen molar-refractivity contribution in [3.63, 3.8) is 0 Å². The second kappa shape index (κ2) is 30.2. The fourth-order valence-corrected chi connectivity index (χ4v) is 6.14. The van der Waals surface area contributed by atoms with Crippen LogP contribution in [0.5, 0.6) is 0 Å². The summed E-state index contributed by atoms with van der Waals surface area (Å²) in [4.78, 5) is 41.8. The Morgan fingerprint density at radius 1 is 0.761 bits per heavy atom. The van der Waals surface area contributed by atoms with Crippen molar-refractivity contribution in [3.05, 3.63) is 30.1 Å². The summed E-state index contributed by atoms with van der Waals surface area (Å²) >= 11 is 1.43. The van der Waals surface area contributed by atoms with Gasteiger partial charge in [0.05, 0.1) is 6.04 Å². The number of esters is 2. The molecule has 0 aliphatic rings. The Labute approximate surface area is 284 Å². The summed E-state index contributed by atoms with van der Waals surface area (Å²) in [5, 5.41) is 2.86. The van der Waals surface area contributed by atoms with Crippen LogP contribution in [0.4, 0.5) is 0 Å². The van der Waals surface area contributed by atoms with Crippen molar-refractivity contribution in [2.24, 2.45) is 5.73 Å². The smallest absolute Gasteiger partial charge is 0.306 e. The molecule has 264 valence electrons. The van der Waals surface area contributed by atoms with Gasteiger partial charge in [-0.25, -0.2) is 0 Å². The van der Waals surface area contributed by atoms with Crippen molar-refractivity contribution in [1.29, 1.82) is 0 Å². The number of carbonyl (C=O) groups excluding carboxylic acids is 3. The fourth-order valence-electron chi connectivity index (χ4n) is 5.17. The molecule has 1 rings (SSSR count). The standard InChI is InChI=1S/C37H65N3O5S/c1-3-5-7-9-11-13-15-17-19-24-35(41)44-29-33(45-36(42)25-20-18-16-14-12-10-8-6-4-2)30-46-31-34(38)37(43)40-28-26-32-23-21-22-27-39-32/h21-23,27,33-34H,3-20,24-26,28-31,38H2,1-2H3,(H,40,43)/t33-,34+/m1/s1. The van der Waals surface area contributed by atoms with Crippen molar-refractivity contribution >= 4 is 29.6 Å². The molecule has 0 aliphatic heterocycles. The van der Waals surface area contributed by atoms with E-state index in [1.54, 1.807) is 6.20 Å². The van der Waals surface area contributed by atoms with Crippen LogP contribution in [0, 0.1) is 0 Å². The Hall–Kier alpha value is -2.13. The zero-order valence-corrected chi connectivity index (χ0v) is 29.9. The summed E-state index contributed by atoms with van der Waals surface area (Å²) in [5.74, 6) is 0.0319. The number of pyridine rings is 1. The summed E-state index contributed by atoms with van der Waals surface area (Å²) in [6.07, 6.45) is 23.8. The van der Waals surface area contributed by atoms with E-state index in [1.807, 2.05) is 18.2 Å². The highest BCUT2D eigenvalue weighted by Crippen LogP contribution is 2.14. The van der Waals surface area contributed by atoms with Crippen LogP contribution in [0.3, 0.4) is 0 Å². The van der Waals surface area contributed by atoms with Gasteiger partial charge in [0.1, 0.15) is 12.7 Å². The molecule has 9 heteroatoms. The number of rotatable bonds is 31. The third-order valence-electron chi connectivity index (χ3n) is 8.04. The molecule has 1 heterocycles. The first kappa shape index (κ1) is 41.9. The Morgan fingerprint density at radius 2 is 1.30 bits per heavy atom. The maximum absolute atomic E-state index is 12.6. The molecule has 0 saturated carbocycles. The second-order valence-electron chi connectivity index (χ2n) is 12.5. The normalized spacial score (nSPS) is 12.4. The molecular formula is C37H65N3O5S. The lowest BCUT2D eigenvalue weighted by Crippen LogP contribution is -2.43. The predicted molar refractivity (Wildman–Crippen MR) is 191 cm³/mol. The fraction of sp³-hybridized carbons (Fsp3) is 0.784. The minimum absolute atomic E-state index is 0.0261. The molecule has 0 saturated heterocycles. The number of hydrogen-bond donors (Lipinski definition) is 2. The van der Waals surface area contributed by atoms with Crippen LogP contribution in [0.1, 0.15) is 148 Å². The Morgan fingerprint density at radius 3 is 1.85 bits per heavy atom. The molecule has 1 aromatic heterocycles. The highest BCUT2D eigenvalue weighted by Gasteiger charge is 2.20. The van der Waals surface area contributed by atoms with Gasteiger partial charge in [0, 0.05) is 49.2 Å². The number of nitrogens with zero attached hydrogens (tertiary/aromatic N) is 1. The first-order valence-corrected chi connectivity index (χ1v) is 19.5. The van der Waals surface area contributed by atoms with Crippen LogP contribution >= 0.6 is 11.8 Å². The minimum Gasteiger partial charge on any atom is -0.462 e. The van der Waals surface area contributed by atoms with E-state index >= 15 is 0 Å². The Bertz CT molecular complexity index is 889. The zero-order chi connectivity index (χ0) is 33.5. The molecular weight excluding hydrogens is 598 g/mol. The first-order chi connectivity index (χ1) is 22.5. The number of ether oxygens (including phenoxy) is 2. The van der Waals surface area contributed by atoms with E-state index < -0.39 is 12.1 Å². The van der Waals surface area contributed by atoms with Crippen LogP contribution in [0.15, 0.2) is 24.4 Å². The Balaban J connectivity index is 2.38. The van der Waals surface area contributed by atoms with Gasteiger partial charge in [-0.3, -0.25) is 19.4 Å². The van der Waals surface area contributed by atoms with E-state index in [0.717, 1.165) is 44.2 Å². The van der Waals surface area contributed by atoms with Crippen LogP contribution < -0.4 is 11.1 Å². The van der Waals surface area contributed by atoms with Gasteiger partial charge in [0.15, 0.2) is 0 Å². The van der Waals surface area contributed by atoms with Crippen molar-refractivity contribution in [2.45, 2.75) is 161 Å². The second-order valence-corrected chi connectivity index (χ2v) is 13.5. The van der Waals surface area contributed by atoms with E-state index in [1.165, 1.54) is 88.8 Å². The molecule has 2 atom stereocenters. The molecule has 1 aromatic rings. The molecule has 3 N–H and O–H groups in total. The predicted octanol–water partition coefficient (Wildman–Crippen LogP) is 8.10. The van der Waals surface area contributed by atoms with Gasteiger partial charge in [-0.2, -0.15) is 11.8 Å². The van der Waals surface area contributed by atoms with Gasteiger partial charge in [0.2, 0.25) is 5.91 Å². The molecule has 0 fully saturated rings. The summed E-state index contributed by atoms with van der Waals surface area (Å²) in [6.45, 7) is 4.94. The van der Waals surface area contributed by atoms with Crippen molar-refractivity contribution in [2.75, 3.05) is 24.7 Å². The average Bonchev–Trinajstić information content (AvgIpc) is 3.06. The monoisotopic (exact) mass is 663 g/mol. The van der Waals surface area contributed by atoms with Gasteiger partial charge < -0.3 is 20.5 Å². The lowest BCUT2D eigenvalue weighted by atomic mass is 10.1. The molecule has 1 amide bonds. The van der Waals surface area contributed by atoms with Crippen LogP contribution in [-0.2, 0) is 30.3 Å².